The maximum Gasteiger partial charge on any atom is 0.295 e. The molecule has 2 aromatic carbocycles. The minimum atomic E-state index is -0.374. The van der Waals surface area contributed by atoms with Crippen LogP contribution in [0.5, 0.6) is 17.2 Å². The SMILES string of the molecule is COc1ccc(Cl)cc1NCN1C(=O)SC(=Cc2ccc3c(c2)OCO3)C1=O. The molecule has 0 aromatic heterocycles. The molecular weight excluding hydrogens is 404 g/mol. The summed E-state index contributed by atoms with van der Waals surface area (Å²) in [6, 6.07) is 10.4. The van der Waals surface area contributed by atoms with Crippen molar-refractivity contribution in [1.29, 1.82) is 0 Å². The number of carbonyl (C=O) groups is 2. The molecule has 1 saturated heterocycles. The molecule has 2 aliphatic rings. The van der Waals surface area contributed by atoms with E-state index >= 15 is 0 Å². The van der Waals surface area contributed by atoms with Crippen LogP contribution in [0.2, 0.25) is 5.02 Å². The van der Waals surface area contributed by atoms with Gasteiger partial charge in [0.15, 0.2) is 11.5 Å². The normalized spacial score (nSPS) is 16.8. The first-order valence-corrected chi connectivity index (χ1v) is 9.47. The number of anilines is 1. The zero-order chi connectivity index (χ0) is 19.7. The summed E-state index contributed by atoms with van der Waals surface area (Å²) in [7, 11) is 1.53. The lowest BCUT2D eigenvalue weighted by Gasteiger charge is -2.16. The van der Waals surface area contributed by atoms with Crippen LogP contribution in [0.1, 0.15) is 5.56 Å². The molecule has 2 aliphatic heterocycles. The molecule has 0 unspecified atom stereocenters. The first-order valence-electron chi connectivity index (χ1n) is 8.27. The van der Waals surface area contributed by atoms with Gasteiger partial charge in [0.1, 0.15) is 5.75 Å². The van der Waals surface area contributed by atoms with Gasteiger partial charge in [0.25, 0.3) is 11.1 Å². The number of methoxy groups -OCH3 is 1. The highest BCUT2D eigenvalue weighted by Gasteiger charge is 2.35. The lowest BCUT2D eigenvalue weighted by atomic mass is 10.2. The van der Waals surface area contributed by atoms with E-state index in [0.29, 0.717) is 32.9 Å². The van der Waals surface area contributed by atoms with E-state index in [4.69, 9.17) is 25.8 Å². The number of rotatable bonds is 5. The molecule has 2 aromatic rings. The van der Waals surface area contributed by atoms with Gasteiger partial charge in [0.05, 0.1) is 24.4 Å². The molecule has 4 rings (SSSR count). The van der Waals surface area contributed by atoms with Gasteiger partial charge in [-0.3, -0.25) is 14.5 Å². The first kappa shape index (κ1) is 18.5. The maximum absolute atomic E-state index is 12.7. The summed E-state index contributed by atoms with van der Waals surface area (Å²) in [5.74, 6) is 1.46. The van der Waals surface area contributed by atoms with Crippen LogP contribution >= 0.6 is 23.4 Å². The molecular formula is C19H15ClN2O5S. The average Bonchev–Trinajstić information content (AvgIpc) is 3.25. The molecule has 2 heterocycles. The predicted octanol–water partition coefficient (Wildman–Crippen LogP) is 4.18. The van der Waals surface area contributed by atoms with Crippen molar-refractivity contribution in [3.05, 3.63) is 51.9 Å². The summed E-state index contributed by atoms with van der Waals surface area (Å²) < 4.78 is 15.9. The van der Waals surface area contributed by atoms with Crippen LogP contribution in [-0.4, -0.2) is 36.6 Å². The second-order valence-electron chi connectivity index (χ2n) is 5.90. The van der Waals surface area contributed by atoms with Gasteiger partial charge < -0.3 is 19.5 Å². The minimum absolute atomic E-state index is 0.000151. The number of ether oxygens (including phenoxy) is 3. The molecule has 1 fully saturated rings. The van der Waals surface area contributed by atoms with Crippen LogP contribution in [0.25, 0.3) is 6.08 Å². The molecule has 2 amide bonds. The molecule has 0 bridgehead atoms. The molecule has 0 aliphatic carbocycles. The van der Waals surface area contributed by atoms with E-state index in [1.807, 2.05) is 0 Å². The Kier molecular flexibility index (Phi) is 5.06. The van der Waals surface area contributed by atoms with Crippen LogP contribution in [0.3, 0.4) is 0 Å². The van der Waals surface area contributed by atoms with Crippen molar-refractivity contribution < 1.29 is 23.8 Å². The van der Waals surface area contributed by atoms with E-state index in [0.717, 1.165) is 22.2 Å². The number of thioether (sulfide) groups is 1. The predicted molar refractivity (Wildman–Crippen MR) is 107 cm³/mol. The summed E-state index contributed by atoms with van der Waals surface area (Å²) in [6.07, 6.45) is 1.66. The van der Waals surface area contributed by atoms with E-state index in [9.17, 15) is 9.59 Å². The Hall–Kier alpha value is -2.84. The Morgan fingerprint density at radius 3 is 2.86 bits per heavy atom. The Balaban J connectivity index is 1.49. The van der Waals surface area contributed by atoms with Gasteiger partial charge in [0, 0.05) is 5.02 Å². The van der Waals surface area contributed by atoms with Crippen molar-refractivity contribution in [2.75, 3.05) is 25.9 Å². The third-order valence-electron chi connectivity index (χ3n) is 4.16. The van der Waals surface area contributed by atoms with Gasteiger partial charge in [-0.25, -0.2) is 0 Å². The molecule has 0 atom stereocenters. The molecule has 7 nitrogen and oxygen atoms in total. The molecule has 1 N–H and O–H groups in total. The summed E-state index contributed by atoms with van der Waals surface area (Å²) >= 11 is 6.89. The average molecular weight is 419 g/mol. The van der Waals surface area contributed by atoms with Crippen molar-refractivity contribution in [3.8, 4) is 17.2 Å². The fourth-order valence-corrected chi connectivity index (χ4v) is 3.78. The van der Waals surface area contributed by atoms with Gasteiger partial charge in [0.2, 0.25) is 6.79 Å². The second-order valence-corrected chi connectivity index (χ2v) is 7.33. The van der Waals surface area contributed by atoms with Crippen molar-refractivity contribution in [2.45, 2.75) is 0 Å². The number of fused-ring (bicyclic) bond motifs is 1. The Morgan fingerprint density at radius 1 is 1.21 bits per heavy atom. The zero-order valence-electron chi connectivity index (χ0n) is 14.7. The highest BCUT2D eigenvalue weighted by molar-refractivity contribution is 8.18. The van der Waals surface area contributed by atoms with E-state index in [1.54, 1.807) is 42.5 Å². The molecule has 28 heavy (non-hydrogen) atoms. The molecule has 0 radical (unpaired) electrons. The number of hydrogen-bond donors (Lipinski definition) is 1. The fourth-order valence-electron chi connectivity index (χ4n) is 2.77. The third-order valence-corrected chi connectivity index (χ3v) is 5.30. The van der Waals surface area contributed by atoms with E-state index in [-0.39, 0.29) is 24.6 Å². The zero-order valence-corrected chi connectivity index (χ0v) is 16.3. The van der Waals surface area contributed by atoms with Crippen LogP contribution in [0.15, 0.2) is 41.3 Å². The fraction of sp³-hybridized carbons (Fsp3) is 0.158. The van der Waals surface area contributed by atoms with Gasteiger partial charge in [-0.15, -0.1) is 0 Å². The first-order chi connectivity index (χ1) is 13.5. The minimum Gasteiger partial charge on any atom is -0.495 e. The summed E-state index contributed by atoms with van der Waals surface area (Å²) in [6.45, 7) is 0.174. The van der Waals surface area contributed by atoms with Crippen LogP contribution in [0, 0.1) is 0 Å². The number of nitrogens with one attached hydrogen (secondary N) is 1. The van der Waals surface area contributed by atoms with Crippen LogP contribution in [0.4, 0.5) is 10.5 Å². The van der Waals surface area contributed by atoms with Crippen molar-refractivity contribution in [2.24, 2.45) is 0 Å². The molecule has 0 saturated carbocycles. The highest BCUT2D eigenvalue weighted by Crippen LogP contribution is 2.36. The number of hydrogen-bond acceptors (Lipinski definition) is 7. The number of halogens is 1. The number of carbonyl (C=O) groups excluding carboxylic acids is 2. The van der Waals surface area contributed by atoms with Crippen LogP contribution in [-0.2, 0) is 4.79 Å². The number of imide groups is 1. The summed E-state index contributed by atoms with van der Waals surface area (Å²) in [5.41, 5.74) is 1.34. The van der Waals surface area contributed by atoms with Crippen molar-refractivity contribution >= 4 is 46.3 Å². The maximum atomic E-state index is 12.7. The molecule has 9 heteroatoms. The number of amides is 2. The van der Waals surface area contributed by atoms with Gasteiger partial charge in [-0.2, -0.15) is 0 Å². The van der Waals surface area contributed by atoms with E-state index in [2.05, 4.69) is 5.32 Å². The lowest BCUT2D eigenvalue weighted by Crippen LogP contribution is -2.33. The van der Waals surface area contributed by atoms with Gasteiger partial charge in [-0.1, -0.05) is 17.7 Å². The largest absolute Gasteiger partial charge is 0.495 e. The highest BCUT2D eigenvalue weighted by atomic mass is 35.5. The second kappa shape index (κ2) is 7.65. The Labute approximate surface area is 170 Å². The standard InChI is InChI=1S/C19H15ClN2O5S/c1-25-14-5-3-12(20)8-13(14)21-9-22-18(23)17(28-19(22)24)7-11-2-4-15-16(6-11)27-10-26-15/h2-8,21H,9-10H2,1H3. The third kappa shape index (κ3) is 3.61. The monoisotopic (exact) mass is 418 g/mol. The van der Waals surface area contributed by atoms with Crippen molar-refractivity contribution in [3.63, 3.8) is 0 Å². The van der Waals surface area contributed by atoms with E-state index in [1.165, 1.54) is 7.11 Å². The molecule has 144 valence electrons. The topological polar surface area (TPSA) is 77.1 Å². The van der Waals surface area contributed by atoms with Crippen molar-refractivity contribution in [1.82, 2.24) is 4.90 Å². The lowest BCUT2D eigenvalue weighted by molar-refractivity contribution is -0.122. The number of nitrogens with zero attached hydrogens (tertiary/aromatic N) is 1. The Morgan fingerprint density at radius 2 is 2.04 bits per heavy atom. The van der Waals surface area contributed by atoms with Gasteiger partial charge >= 0.3 is 0 Å². The summed E-state index contributed by atoms with van der Waals surface area (Å²) in [4.78, 5) is 26.4. The van der Waals surface area contributed by atoms with Crippen LogP contribution < -0.4 is 19.5 Å². The quantitative estimate of drug-likeness (QED) is 0.729. The number of benzene rings is 2. The smallest absolute Gasteiger partial charge is 0.295 e. The summed E-state index contributed by atoms with van der Waals surface area (Å²) in [5, 5.41) is 3.18. The Bertz CT molecular complexity index is 994. The van der Waals surface area contributed by atoms with E-state index < -0.39 is 0 Å². The van der Waals surface area contributed by atoms with Gasteiger partial charge in [-0.05, 0) is 53.7 Å². The molecule has 0 spiro atoms.